The van der Waals surface area contributed by atoms with Crippen LogP contribution in [-0.2, 0) is 13.0 Å². The molecular formula is C15H20ClN3O2. The van der Waals surface area contributed by atoms with E-state index in [-0.39, 0.29) is 5.92 Å². The minimum atomic E-state index is 0.287. The summed E-state index contributed by atoms with van der Waals surface area (Å²) in [7, 11) is 3.26. The van der Waals surface area contributed by atoms with E-state index in [9.17, 15) is 0 Å². The Labute approximate surface area is 129 Å². The Morgan fingerprint density at radius 3 is 2.48 bits per heavy atom. The molecular weight excluding hydrogens is 290 g/mol. The van der Waals surface area contributed by atoms with Gasteiger partial charge in [-0.3, -0.25) is 0 Å². The third-order valence-corrected chi connectivity index (χ3v) is 3.60. The molecule has 1 heterocycles. The van der Waals surface area contributed by atoms with Crippen molar-refractivity contribution in [2.75, 3.05) is 14.2 Å². The molecule has 0 fully saturated rings. The lowest BCUT2D eigenvalue weighted by molar-refractivity contribution is 0.354. The molecule has 0 bridgehead atoms. The second-order valence-electron chi connectivity index (χ2n) is 5.07. The molecule has 0 aliphatic rings. The summed E-state index contributed by atoms with van der Waals surface area (Å²) in [4.78, 5) is 0. The van der Waals surface area contributed by atoms with Crippen molar-refractivity contribution in [3.05, 3.63) is 34.9 Å². The van der Waals surface area contributed by atoms with E-state index in [1.807, 2.05) is 22.8 Å². The molecule has 0 unspecified atom stereocenters. The van der Waals surface area contributed by atoms with E-state index < -0.39 is 0 Å². The highest BCUT2D eigenvalue weighted by Gasteiger charge is 2.13. The minimum Gasteiger partial charge on any atom is -0.493 e. The van der Waals surface area contributed by atoms with Gasteiger partial charge >= 0.3 is 0 Å². The first-order chi connectivity index (χ1) is 10.1. The maximum Gasteiger partial charge on any atom is 0.225 e. The molecule has 0 atom stereocenters. The van der Waals surface area contributed by atoms with Crippen LogP contribution in [0.3, 0.4) is 0 Å². The third kappa shape index (κ3) is 3.47. The molecule has 2 rings (SSSR count). The molecule has 0 amide bonds. The minimum absolute atomic E-state index is 0.287. The van der Waals surface area contributed by atoms with Crippen LogP contribution >= 0.6 is 11.6 Å². The van der Waals surface area contributed by atoms with Crippen LogP contribution < -0.4 is 9.47 Å². The molecule has 6 heteroatoms. The zero-order valence-electron chi connectivity index (χ0n) is 12.8. The Bertz CT molecular complexity index is 611. The van der Waals surface area contributed by atoms with Gasteiger partial charge in [0.2, 0.25) is 5.28 Å². The average Bonchev–Trinajstić information content (AvgIpc) is 2.86. The number of rotatable bonds is 6. The molecule has 0 aliphatic carbocycles. The van der Waals surface area contributed by atoms with Crippen LogP contribution in [0.2, 0.25) is 5.28 Å². The van der Waals surface area contributed by atoms with Crippen molar-refractivity contribution in [2.24, 2.45) is 0 Å². The van der Waals surface area contributed by atoms with Crippen LogP contribution in [-0.4, -0.2) is 29.0 Å². The van der Waals surface area contributed by atoms with Gasteiger partial charge in [0.25, 0.3) is 0 Å². The van der Waals surface area contributed by atoms with Gasteiger partial charge in [0, 0.05) is 12.5 Å². The fraction of sp³-hybridized carbons (Fsp3) is 0.467. The van der Waals surface area contributed by atoms with Crippen molar-refractivity contribution in [1.82, 2.24) is 14.8 Å². The second kappa shape index (κ2) is 6.80. The number of nitrogens with zero attached hydrogens (tertiary/aromatic N) is 3. The smallest absolute Gasteiger partial charge is 0.225 e. The predicted octanol–water partition coefficient (Wildman–Crippen LogP) is 3.31. The van der Waals surface area contributed by atoms with Crippen LogP contribution in [0.4, 0.5) is 0 Å². The van der Waals surface area contributed by atoms with Crippen LogP contribution in [0.25, 0.3) is 0 Å². The second-order valence-corrected chi connectivity index (χ2v) is 5.41. The van der Waals surface area contributed by atoms with Crippen molar-refractivity contribution >= 4 is 11.6 Å². The summed E-state index contributed by atoms with van der Waals surface area (Å²) in [6.45, 7) is 4.88. The predicted molar refractivity (Wildman–Crippen MR) is 82.4 cm³/mol. The highest BCUT2D eigenvalue weighted by atomic mass is 35.5. The van der Waals surface area contributed by atoms with Crippen molar-refractivity contribution in [3.8, 4) is 11.5 Å². The van der Waals surface area contributed by atoms with E-state index >= 15 is 0 Å². The lowest BCUT2D eigenvalue weighted by Gasteiger charge is -2.12. The molecule has 1 aromatic heterocycles. The quantitative estimate of drug-likeness (QED) is 0.821. The summed E-state index contributed by atoms with van der Waals surface area (Å²) in [5.74, 6) is 2.65. The molecule has 1 aromatic carbocycles. The lowest BCUT2D eigenvalue weighted by atomic mass is 10.1. The third-order valence-electron chi connectivity index (χ3n) is 3.32. The Morgan fingerprint density at radius 1 is 1.14 bits per heavy atom. The Morgan fingerprint density at radius 2 is 1.86 bits per heavy atom. The number of halogens is 1. The van der Waals surface area contributed by atoms with E-state index in [1.54, 1.807) is 14.2 Å². The number of hydrogen-bond acceptors (Lipinski definition) is 4. The van der Waals surface area contributed by atoms with Crippen molar-refractivity contribution in [3.63, 3.8) is 0 Å². The molecule has 0 aliphatic heterocycles. The standard InChI is InChI=1S/C15H20ClN3O2/c1-10(2)14-17-18-15(16)19(14)8-7-11-5-6-12(20-3)13(9-11)21-4/h5-6,9-10H,7-8H2,1-4H3. The van der Waals surface area contributed by atoms with Gasteiger partial charge in [-0.05, 0) is 35.7 Å². The number of methoxy groups -OCH3 is 2. The zero-order chi connectivity index (χ0) is 15.4. The van der Waals surface area contributed by atoms with Gasteiger partial charge < -0.3 is 14.0 Å². The van der Waals surface area contributed by atoms with E-state index in [1.165, 1.54) is 0 Å². The summed E-state index contributed by atoms with van der Waals surface area (Å²) in [6, 6.07) is 5.91. The number of aromatic nitrogens is 3. The monoisotopic (exact) mass is 309 g/mol. The molecule has 0 N–H and O–H groups in total. The van der Waals surface area contributed by atoms with Gasteiger partial charge in [-0.25, -0.2) is 0 Å². The maximum absolute atomic E-state index is 6.11. The largest absolute Gasteiger partial charge is 0.493 e. The molecule has 0 saturated heterocycles. The molecule has 21 heavy (non-hydrogen) atoms. The SMILES string of the molecule is COc1ccc(CCn2c(Cl)nnc2C(C)C)cc1OC. The van der Waals surface area contributed by atoms with Crippen molar-refractivity contribution in [2.45, 2.75) is 32.7 Å². The highest BCUT2D eigenvalue weighted by Crippen LogP contribution is 2.28. The molecule has 2 aromatic rings. The first kappa shape index (κ1) is 15.6. The van der Waals surface area contributed by atoms with E-state index in [0.717, 1.165) is 35.9 Å². The highest BCUT2D eigenvalue weighted by molar-refractivity contribution is 6.28. The van der Waals surface area contributed by atoms with Gasteiger partial charge in [-0.2, -0.15) is 0 Å². The van der Waals surface area contributed by atoms with Crippen LogP contribution in [0.5, 0.6) is 11.5 Å². The van der Waals surface area contributed by atoms with Gasteiger partial charge in [0.05, 0.1) is 14.2 Å². The summed E-state index contributed by atoms with van der Waals surface area (Å²) in [6.07, 6.45) is 0.817. The fourth-order valence-electron chi connectivity index (χ4n) is 2.21. The van der Waals surface area contributed by atoms with Gasteiger partial charge in [-0.15, -0.1) is 10.2 Å². The van der Waals surface area contributed by atoms with Gasteiger partial charge in [-0.1, -0.05) is 19.9 Å². The molecule has 0 saturated carbocycles. The summed E-state index contributed by atoms with van der Waals surface area (Å²) in [5.41, 5.74) is 1.15. The Balaban J connectivity index is 2.15. The van der Waals surface area contributed by atoms with Crippen molar-refractivity contribution in [1.29, 1.82) is 0 Å². The van der Waals surface area contributed by atoms with E-state index in [2.05, 4.69) is 24.0 Å². The van der Waals surface area contributed by atoms with Crippen LogP contribution in [0.1, 0.15) is 31.2 Å². The topological polar surface area (TPSA) is 49.2 Å². The van der Waals surface area contributed by atoms with Crippen LogP contribution in [0, 0.1) is 0 Å². The molecule has 0 spiro atoms. The Kier molecular flexibility index (Phi) is 5.07. The Hall–Kier alpha value is -1.75. The normalized spacial score (nSPS) is 11.0. The average molecular weight is 310 g/mol. The van der Waals surface area contributed by atoms with Gasteiger partial charge in [0.1, 0.15) is 5.82 Å². The van der Waals surface area contributed by atoms with E-state index in [4.69, 9.17) is 21.1 Å². The first-order valence-electron chi connectivity index (χ1n) is 6.86. The number of ether oxygens (including phenoxy) is 2. The van der Waals surface area contributed by atoms with Gasteiger partial charge in [0.15, 0.2) is 11.5 Å². The summed E-state index contributed by atoms with van der Waals surface area (Å²) < 4.78 is 12.5. The zero-order valence-corrected chi connectivity index (χ0v) is 13.5. The van der Waals surface area contributed by atoms with Crippen LogP contribution in [0.15, 0.2) is 18.2 Å². The fourth-order valence-corrected chi connectivity index (χ4v) is 2.41. The molecule has 5 nitrogen and oxygen atoms in total. The maximum atomic E-state index is 6.11. The lowest BCUT2D eigenvalue weighted by Crippen LogP contribution is -2.08. The number of hydrogen-bond donors (Lipinski definition) is 0. The van der Waals surface area contributed by atoms with Crippen molar-refractivity contribution < 1.29 is 9.47 Å². The van der Waals surface area contributed by atoms with E-state index in [0.29, 0.717) is 5.28 Å². The summed E-state index contributed by atoms with van der Waals surface area (Å²) >= 11 is 6.11. The first-order valence-corrected chi connectivity index (χ1v) is 7.24. The summed E-state index contributed by atoms with van der Waals surface area (Å²) in [5, 5.41) is 8.50. The molecule has 114 valence electrons. The number of benzene rings is 1. The molecule has 0 radical (unpaired) electrons. The number of aryl methyl sites for hydroxylation is 1.